The third-order valence-corrected chi connectivity index (χ3v) is 5.52. The van der Waals surface area contributed by atoms with Gasteiger partial charge in [-0.05, 0) is 32.0 Å². The molecule has 0 aliphatic carbocycles. The number of amides is 1. The van der Waals surface area contributed by atoms with Gasteiger partial charge in [0.05, 0.1) is 11.3 Å². The highest BCUT2D eigenvalue weighted by atomic mass is 32.2. The molecule has 1 rings (SSSR count). The Morgan fingerprint density at radius 3 is 2.35 bits per heavy atom. The molecule has 0 atom stereocenters. The first kappa shape index (κ1) is 19.1. The molecule has 1 aromatic carbocycles. The molecule has 0 saturated heterocycles. The van der Waals surface area contributed by atoms with Crippen molar-refractivity contribution in [3.05, 3.63) is 29.8 Å². The first-order valence-corrected chi connectivity index (χ1v) is 8.56. The van der Waals surface area contributed by atoms with E-state index in [4.69, 9.17) is 5.11 Å². The van der Waals surface area contributed by atoms with Crippen LogP contribution in [0.5, 0.6) is 0 Å². The van der Waals surface area contributed by atoms with Gasteiger partial charge in [0.25, 0.3) is 5.91 Å². The number of nitrogens with zero attached hydrogens (tertiary/aromatic N) is 2. The van der Waals surface area contributed by atoms with Crippen molar-refractivity contribution < 1.29 is 23.1 Å². The maximum Gasteiger partial charge on any atom is 0.305 e. The van der Waals surface area contributed by atoms with E-state index in [9.17, 15) is 18.0 Å². The van der Waals surface area contributed by atoms with Gasteiger partial charge in [-0.2, -0.15) is 4.31 Å². The van der Waals surface area contributed by atoms with Gasteiger partial charge in [0.1, 0.15) is 0 Å². The van der Waals surface area contributed by atoms with Gasteiger partial charge >= 0.3 is 5.97 Å². The van der Waals surface area contributed by atoms with Crippen LogP contribution < -0.4 is 0 Å². The Balaban J connectivity index is 3.05. The predicted molar refractivity (Wildman–Crippen MR) is 85.7 cm³/mol. The summed E-state index contributed by atoms with van der Waals surface area (Å²) in [5.41, 5.74) is 0.205. The Bertz CT molecular complexity index is 685. The molecule has 1 amide bonds. The van der Waals surface area contributed by atoms with E-state index in [1.165, 1.54) is 47.6 Å². The molecule has 7 nitrogen and oxygen atoms in total. The minimum absolute atomic E-state index is 0.0335. The molecule has 1 aromatic rings. The SMILES string of the molecule is CC(C)N(C)S(=O)(=O)c1cccc(C(=O)N(C)CCC(=O)O)c1. The van der Waals surface area contributed by atoms with Crippen LogP contribution in [-0.2, 0) is 14.8 Å². The zero-order chi connectivity index (χ0) is 17.8. The van der Waals surface area contributed by atoms with Crippen LogP contribution in [0.25, 0.3) is 0 Å². The molecule has 128 valence electrons. The minimum Gasteiger partial charge on any atom is -0.481 e. The number of carboxylic acids is 1. The van der Waals surface area contributed by atoms with Crippen molar-refractivity contribution in [2.24, 2.45) is 0 Å². The van der Waals surface area contributed by atoms with E-state index >= 15 is 0 Å². The number of sulfonamides is 1. The quantitative estimate of drug-likeness (QED) is 0.805. The summed E-state index contributed by atoms with van der Waals surface area (Å²) in [4.78, 5) is 24.1. The summed E-state index contributed by atoms with van der Waals surface area (Å²) < 4.78 is 26.1. The number of benzene rings is 1. The molecule has 0 bridgehead atoms. The zero-order valence-corrected chi connectivity index (χ0v) is 14.5. The molecule has 0 aliphatic heterocycles. The van der Waals surface area contributed by atoms with Crippen LogP contribution in [0.2, 0.25) is 0 Å². The standard InChI is InChI=1S/C15H22N2O5S/c1-11(2)17(4)23(21,22)13-7-5-6-12(10-13)15(20)16(3)9-8-14(18)19/h5-7,10-11H,8-9H2,1-4H3,(H,18,19). The minimum atomic E-state index is -3.68. The van der Waals surface area contributed by atoms with Crippen molar-refractivity contribution in [3.8, 4) is 0 Å². The molecule has 0 radical (unpaired) electrons. The van der Waals surface area contributed by atoms with E-state index in [2.05, 4.69) is 0 Å². The normalized spacial score (nSPS) is 11.7. The fraction of sp³-hybridized carbons (Fsp3) is 0.467. The summed E-state index contributed by atoms with van der Waals surface area (Å²) >= 11 is 0. The Kier molecular flexibility index (Phi) is 6.28. The fourth-order valence-electron chi connectivity index (χ4n) is 1.82. The van der Waals surface area contributed by atoms with E-state index in [0.29, 0.717) is 0 Å². The lowest BCUT2D eigenvalue weighted by Crippen LogP contribution is -2.33. The molecule has 0 aromatic heterocycles. The summed E-state index contributed by atoms with van der Waals surface area (Å²) in [5.74, 6) is -1.42. The molecule has 1 N–H and O–H groups in total. The molecule has 8 heteroatoms. The van der Waals surface area contributed by atoms with Crippen molar-refractivity contribution in [1.82, 2.24) is 9.21 Å². The lowest BCUT2D eigenvalue weighted by atomic mass is 10.2. The maximum absolute atomic E-state index is 12.5. The summed E-state index contributed by atoms with van der Waals surface area (Å²) in [6.07, 6.45) is -0.170. The number of carbonyl (C=O) groups is 2. The highest BCUT2D eigenvalue weighted by molar-refractivity contribution is 7.89. The Labute approximate surface area is 136 Å². The molecule has 0 heterocycles. The number of aliphatic carboxylic acids is 1. The van der Waals surface area contributed by atoms with Crippen molar-refractivity contribution in [2.45, 2.75) is 31.2 Å². The van der Waals surface area contributed by atoms with Gasteiger partial charge in [0.15, 0.2) is 0 Å². The van der Waals surface area contributed by atoms with Gasteiger partial charge < -0.3 is 10.0 Å². The smallest absolute Gasteiger partial charge is 0.305 e. The highest BCUT2D eigenvalue weighted by Crippen LogP contribution is 2.18. The summed E-state index contributed by atoms with van der Waals surface area (Å²) in [6.45, 7) is 3.56. The highest BCUT2D eigenvalue weighted by Gasteiger charge is 2.24. The largest absolute Gasteiger partial charge is 0.481 e. The molecule has 0 unspecified atom stereocenters. The second-order valence-corrected chi connectivity index (χ2v) is 7.51. The number of carboxylic acid groups (broad SMARTS) is 1. The molecule has 0 saturated carbocycles. The number of rotatable bonds is 7. The maximum atomic E-state index is 12.5. The predicted octanol–water partition coefficient (Wildman–Crippen LogP) is 1.26. The topological polar surface area (TPSA) is 95.0 Å². The van der Waals surface area contributed by atoms with Crippen LogP contribution in [0.15, 0.2) is 29.2 Å². The summed E-state index contributed by atoms with van der Waals surface area (Å²) in [7, 11) is -0.719. The van der Waals surface area contributed by atoms with Crippen LogP contribution in [0.3, 0.4) is 0 Å². The van der Waals surface area contributed by atoms with E-state index in [1.54, 1.807) is 13.8 Å². The van der Waals surface area contributed by atoms with Crippen LogP contribution in [0.4, 0.5) is 0 Å². The van der Waals surface area contributed by atoms with E-state index < -0.39 is 21.9 Å². The van der Waals surface area contributed by atoms with Crippen molar-refractivity contribution in [3.63, 3.8) is 0 Å². The molecular weight excluding hydrogens is 320 g/mol. The van der Waals surface area contributed by atoms with Crippen LogP contribution in [-0.4, -0.2) is 61.3 Å². The van der Waals surface area contributed by atoms with Crippen LogP contribution >= 0.6 is 0 Å². The van der Waals surface area contributed by atoms with Gasteiger partial charge in [-0.15, -0.1) is 0 Å². The van der Waals surface area contributed by atoms with Gasteiger partial charge in [-0.25, -0.2) is 8.42 Å². The van der Waals surface area contributed by atoms with Gasteiger partial charge in [0, 0.05) is 32.2 Å². The van der Waals surface area contributed by atoms with Crippen molar-refractivity contribution in [1.29, 1.82) is 0 Å². The van der Waals surface area contributed by atoms with Gasteiger partial charge in [-0.3, -0.25) is 9.59 Å². The average molecular weight is 342 g/mol. The van der Waals surface area contributed by atoms with Crippen molar-refractivity contribution in [2.75, 3.05) is 20.6 Å². The first-order valence-electron chi connectivity index (χ1n) is 7.12. The third-order valence-electron chi connectivity index (χ3n) is 3.49. The van der Waals surface area contributed by atoms with Crippen molar-refractivity contribution >= 4 is 21.9 Å². The van der Waals surface area contributed by atoms with Crippen LogP contribution in [0, 0.1) is 0 Å². The molecular formula is C15H22N2O5S. The zero-order valence-electron chi connectivity index (χ0n) is 13.7. The van der Waals surface area contributed by atoms with E-state index in [1.807, 2.05) is 0 Å². The number of hydrogen-bond acceptors (Lipinski definition) is 4. The van der Waals surface area contributed by atoms with Crippen LogP contribution in [0.1, 0.15) is 30.6 Å². The number of carbonyl (C=O) groups excluding carboxylic acids is 1. The average Bonchev–Trinajstić information content (AvgIpc) is 2.50. The fourth-order valence-corrected chi connectivity index (χ4v) is 3.23. The van der Waals surface area contributed by atoms with Gasteiger partial charge in [-0.1, -0.05) is 6.07 Å². The Hall–Kier alpha value is -1.93. The molecule has 0 fully saturated rings. The van der Waals surface area contributed by atoms with E-state index in [0.717, 1.165) is 0 Å². The lowest BCUT2D eigenvalue weighted by Gasteiger charge is -2.21. The Morgan fingerprint density at radius 2 is 1.83 bits per heavy atom. The third kappa shape index (κ3) is 4.77. The molecule has 0 spiro atoms. The second kappa shape index (κ2) is 7.56. The summed E-state index contributed by atoms with van der Waals surface area (Å²) in [6, 6.07) is 5.54. The monoisotopic (exact) mass is 342 g/mol. The Morgan fingerprint density at radius 1 is 1.22 bits per heavy atom. The first-order chi connectivity index (χ1) is 10.6. The van der Waals surface area contributed by atoms with E-state index in [-0.39, 0.29) is 29.5 Å². The lowest BCUT2D eigenvalue weighted by molar-refractivity contribution is -0.137. The van der Waals surface area contributed by atoms with Gasteiger partial charge in [0.2, 0.25) is 10.0 Å². The summed E-state index contributed by atoms with van der Waals surface area (Å²) in [5, 5.41) is 8.66. The molecule has 0 aliphatic rings. The number of hydrogen-bond donors (Lipinski definition) is 1. The second-order valence-electron chi connectivity index (χ2n) is 5.51. The molecule has 23 heavy (non-hydrogen) atoms.